The van der Waals surface area contributed by atoms with E-state index < -0.39 is 0 Å². The number of aromatic nitrogens is 2. The van der Waals surface area contributed by atoms with Gasteiger partial charge >= 0.3 is 0 Å². The fourth-order valence-corrected chi connectivity index (χ4v) is 1.45. The van der Waals surface area contributed by atoms with Gasteiger partial charge in [0.25, 0.3) is 5.89 Å². The summed E-state index contributed by atoms with van der Waals surface area (Å²) in [5.74, 6) is 0.826. The summed E-state index contributed by atoms with van der Waals surface area (Å²) in [6, 6.07) is 7.32. The van der Waals surface area contributed by atoms with Crippen LogP contribution in [0.1, 0.15) is 19.4 Å². The van der Waals surface area contributed by atoms with Crippen molar-refractivity contribution in [3.8, 4) is 23.3 Å². The normalized spacial score (nSPS) is 10.2. The van der Waals surface area contributed by atoms with E-state index in [9.17, 15) is 0 Å². The summed E-state index contributed by atoms with van der Waals surface area (Å²) in [4.78, 5) is 0. The van der Waals surface area contributed by atoms with Crippen LogP contribution in [0.25, 0.3) is 11.5 Å². The number of hydrogen-bond donors (Lipinski definition) is 0. The number of benzene rings is 1. The minimum Gasteiger partial charge on any atom is -0.489 e. The van der Waals surface area contributed by atoms with Crippen LogP contribution in [0.2, 0.25) is 0 Å². The second-order valence-electron chi connectivity index (χ2n) is 3.70. The Morgan fingerprint density at radius 1 is 1.41 bits per heavy atom. The van der Waals surface area contributed by atoms with Crippen LogP contribution in [0.3, 0.4) is 0 Å². The van der Waals surface area contributed by atoms with E-state index >= 15 is 0 Å². The van der Waals surface area contributed by atoms with Crippen molar-refractivity contribution in [2.24, 2.45) is 0 Å². The minimum atomic E-state index is -0.0360. The standard InChI is InChI=1S/C12H11N3O2/c1-8(2)17-11-9(6-13)4-3-5-10(11)12-15-14-7-16-12/h3-5,7-8H,1-2H3. The molecule has 0 saturated carbocycles. The second-order valence-corrected chi connectivity index (χ2v) is 3.70. The summed E-state index contributed by atoms with van der Waals surface area (Å²) >= 11 is 0. The molecular weight excluding hydrogens is 218 g/mol. The van der Waals surface area contributed by atoms with Crippen molar-refractivity contribution in [2.45, 2.75) is 20.0 Å². The molecule has 1 heterocycles. The third-order valence-corrected chi connectivity index (χ3v) is 2.08. The quantitative estimate of drug-likeness (QED) is 0.808. The summed E-state index contributed by atoms with van der Waals surface area (Å²) in [6.45, 7) is 3.79. The van der Waals surface area contributed by atoms with Crippen molar-refractivity contribution in [1.82, 2.24) is 10.2 Å². The highest BCUT2D eigenvalue weighted by molar-refractivity contribution is 5.67. The van der Waals surface area contributed by atoms with E-state index in [1.54, 1.807) is 18.2 Å². The summed E-state index contributed by atoms with van der Waals surface area (Å²) in [6.07, 6.45) is 1.21. The minimum absolute atomic E-state index is 0.0360. The van der Waals surface area contributed by atoms with Gasteiger partial charge in [0.2, 0.25) is 6.39 Å². The summed E-state index contributed by atoms with van der Waals surface area (Å²) in [5.41, 5.74) is 1.09. The van der Waals surface area contributed by atoms with Gasteiger partial charge in [0.1, 0.15) is 11.8 Å². The molecule has 1 aromatic heterocycles. The maximum absolute atomic E-state index is 9.06. The molecule has 0 amide bonds. The third kappa shape index (κ3) is 2.26. The van der Waals surface area contributed by atoms with Gasteiger partial charge in [-0.15, -0.1) is 10.2 Å². The lowest BCUT2D eigenvalue weighted by atomic mass is 10.1. The van der Waals surface area contributed by atoms with Crippen molar-refractivity contribution in [3.05, 3.63) is 30.2 Å². The molecule has 0 fully saturated rings. The number of nitrogens with zero attached hydrogens (tertiary/aromatic N) is 3. The molecule has 0 unspecified atom stereocenters. The van der Waals surface area contributed by atoms with E-state index in [-0.39, 0.29) is 6.10 Å². The van der Waals surface area contributed by atoms with Crippen LogP contribution in [0.4, 0.5) is 0 Å². The van der Waals surface area contributed by atoms with Crippen LogP contribution >= 0.6 is 0 Å². The Bertz CT molecular complexity index is 541. The lowest BCUT2D eigenvalue weighted by Gasteiger charge is -2.13. The van der Waals surface area contributed by atoms with E-state index in [0.717, 1.165) is 0 Å². The summed E-state index contributed by atoms with van der Waals surface area (Å²) in [7, 11) is 0. The van der Waals surface area contributed by atoms with Crippen LogP contribution in [-0.4, -0.2) is 16.3 Å². The third-order valence-electron chi connectivity index (χ3n) is 2.08. The zero-order chi connectivity index (χ0) is 12.3. The fraction of sp³-hybridized carbons (Fsp3) is 0.250. The molecule has 0 N–H and O–H groups in total. The predicted molar refractivity (Wildman–Crippen MR) is 60.2 cm³/mol. The Morgan fingerprint density at radius 2 is 2.24 bits per heavy atom. The molecule has 0 spiro atoms. The van der Waals surface area contributed by atoms with Crippen molar-refractivity contribution in [1.29, 1.82) is 5.26 Å². The van der Waals surface area contributed by atoms with Gasteiger partial charge in [0.15, 0.2) is 0 Å². The van der Waals surface area contributed by atoms with Crippen molar-refractivity contribution in [2.75, 3.05) is 0 Å². The average molecular weight is 229 g/mol. The van der Waals surface area contributed by atoms with Crippen LogP contribution < -0.4 is 4.74 Å². The zero-order valence-electron chi connectivity index (χ0n) is 9.54. The molecule has 1 aromatic carbocycles. The van der Waals surface area contributed by atoms with Gasteiger partial charge in [-0.25, -0.2) is 0 Å². The Labute approximate surface area is 98.7 Å². The van der Waals surface area contributed by atoms with Crippen LogP contribution in [0, 0.1) is 11.3 Å². The number of para-hydroxylation sites is 1. The van der Waals surface area contributed by atoms with Gasteiger partial charge in [-0.05, 0) is 26.0 Å². The topological polar surface area (TPSA) is 71.9 Å². The SMILES string of the molecule is CC(C)Oc1c(C#N)cccc1-c1nnco1. The zero-order valence-corrected chi connectivity index (χ0v) is 9.54. The Morgan fingerprint density at radius 3 is 2.82 bits per heavy atom. The van der Waals surface area contributed by atoms with Crippen molar-refractivity contribution < 1.29 is 9.15 Å². The molecule has 0 radical (unpaired) electrons. The van der Waals surface area contributed by atoms with Gasteiger partial charge in [-0.3, -0.25) is 0 Å². The van der Waals surface area contributed by atoms with Crippen LogP contribution in [0.15, 0.2) is 29.0 Å². The summed E-state index contributed by atoms with van der Waals surface area (Å²) in [5, 5.41) is 16.5. The molecule has 86 valence electrons. The average Bonchev–Trinajstić information content (AvgIpc) is 2.82. The molecule has 0 aliphatic rings. The molecule has 5 nitrogen and oxygen atoms in total. The molecule has 17 heavy (non-hydrogen) atoms. The maximum atomic E-state index is 9.06. The van der Waals surface area contributed by atoms with E-state index in [1.807, 2.05) is 13.8 Å². The van der Waals surface area contributed by atoms with Crippen LogP contribution in [0.5, 0.6) is 5.75 Å². The van der Waals surface area contributed by atoms with E-state index in [1.165, 1.54) is 6.39 Å². The van der Waals surface area contributed by atoms with Gasteiger partial charge in [0.05, 0.1) is 17.2 Å². The number of nitriles is 1. The molecule has 2 aromatic rings. The first-order chi connectivity index (χ1) is 8.22. The molecule has 0 atom stereocenters. The molecule has 0 aliphatic carbocycles. The Kier molecular flexibility index (Phi) is 3.06. The first-order valence-electron chi connectivity index (χ1n) is 5.18. The van der Waals surface area contributed by atoms with E-state index in [2.05, 4.69) is 16.3 Å². The van der Waals surface area contributed by atoms with Gasteiger partial charge in [0, 0.05) is 0 Å². The fourth-order valence-electron chi connectivity index (χ4n) is 1.45. The smallest absolute Gasteiger partial charge is 0.251 e. The molecule has 5 heteroatoms. The monoisotopic (exact) mass is 229 g/mol. The molecule has 0 aliphatic heterocycles. The predicted octanol–water partition coefficient (Wildman–Crippen LogP) is 2.40. The highest BCUT2D eigenvalue weighted by Gasteiger charge is 2.16. The first kappa shape index (κ1) is 11.1. The highest BCUT2D eigenvalue weighted by atomic mass is 16.5. The summed E-state index contributed by atoms with van der Waals surface area (Å²) < 4.78 is 10.8. The maximum Gasteiger partial charge on any atom is 0.251 e. The van der Waals surface area contributed by atoms with Crippen molar-refractivity contribution >= 4 is 0 Å². The van der Waals surface area contributed by atoms with Gasteiger partial charge < -0.3 is 9.15 Å². The van der Waals surface area contributed by atoms with E-state index in [4.69, 9.17) is 14.4 Å². The lowest BCUT2D eigenvalue weighted by molar-refractivity contribution is 0.242. The van der Waals surface area contributed by atoms with Gasteiger partial charge in [-0.1, -0.05) is 6.07 Å². The molecule has 0 saturated heterocycles. The first-order valence-corrected chi connectivity index (χ1v) is 5.18. The van der Waals surface area contributed by atoms with Crippen LogP contribution in [-0.2, 0) is 0 Å². The molecule has 0 bridgehead atoms. The van der Waals surface area contributed by atoms with E-state index in [0.29, 0.717) is 22.8 Å². The lowest BCUT2D eigenvalue weighted by Crippen LogP contribution is -2.08. The second kappa shape index (κ2) is 4.66. The largest absolute Gasteiger partial charge is 0.489 e. The number of hydrogen-bond acceptors (Lipinski definition) is 5. The van der Waals surface area contributed by atoms with Crippen molar-refractivity contribution in [3.63, 3.8) is 0 Å². The molecular formula is C12H11N3O2. The van der Waals surface area contributed by atoms with Gasteiger partial charge in [-0.2, -0.15) is 5.26 Å². The number of ether oxygens (including phenoxy) is 1. The highest BCUT2D eigenvalue weighted by Crippen LogP contribution is 2.32. The number of rotatable bonds is 3. The Hall–Kier alpha value is -2.35. The Balaban J connectivity index is 2.55. The molecule has 2 rings (SSSR count).